The molecule has 27 heavy (non-hydrogen) atoms. The van der Waals surface area contributed by atoms with E-state index in [1.54, 1.807) is 48.5 Å². The van der Waals surface area contributed by atoms with Gasteiger partial charge in [-0.2, -0.15) is 0 Å². The normalized spacial score (nSPS) is 11.1. The molecule has 0 aromatic heterocycles. The van der Waals surface area contributed by atoms with Gasteiger partial charge in [-0.3, -0.25) is 0 Å². The number of rotatable bonds is 8. The molecule has 142 valence electrons. The SMILES string of the molecule is O=C(N[C@H](COC(=O)OCc1ccccc1)C(=O)[O-])OCc1ccccc1. The van der Waals surface area contributed by atoms with Crippen molar-refractivity contribution < 1.29 is 33.7 Å². The van der Waals surface area contributed by atoms with E-state index < -0.39 is 30.9 Å². The average Bonchev–Trinajstić information content (AvgIpc) is 2.69. The highest BCUT2D eigenvalue weighted by Gasteiger charge is 2.17. The van der Waals surface area contributed by atoms with Gasteiger partial charge < -0.3 is 29.4 Å². The number of hydrogen-bond donors (Lipinski definition) is 1. The number of carboxylic acid groups (broad SMARTS) is 1. The van der Waals surface area contributed by atoms with Crippen molar-refractivity contribution in [3.63, 3.8) is 0 Å². The van der Waals surface area contributed by atoms with Crippen LogP contribution in [-0.4, -0.2) is 30.9 Å². The predicted molar refractivity (Wildman–Crippen MR) is 91.1 cm³/mol. The van der Waals surface area contributed by atoms with E-state index in [9.17, 15) is 19.5 Å². The zero-order valence-corrected chi connectivity index (χ0v) is 14.3. The Morgan fingerprint density at radius 1 is 0.815 bits per heavy atom. The summed E-state index contributed by atoms with van der Waals surface area (Å²) in [6.45, 7) is -0.717. The highest BCUT2D eigenvalue weighted by atomic mass is 16.7. The number of nitrogens with one attached hydrogen (secondary N) is 1. The molecule has 1 amide bonds. The Bertz CT molecular complexity index is 749. The highest BCUT2D eigenvalue weighted by molar-refractivity contribution is 5.79. The van der Waals surface area contributed by atoms with E-state index in [-0.39, 0.29) is 13.2 Å². The van der Waals surface area contributed by atoms with Crippen molar-refractivity contribution >= 4 is 18.2 Å². The van der Waals surface area contributed by atoms with Crippen LogP contribution in [0.2, 0.25) is 0 Å². The Labute approximate surface area is 155 Å². The summed E-state index contributed by atoms with van der Waals surface area (Å²) in [5.74, 6) is -1.62. The molecule has 1 atom stereocenters. The predicted octanol–water partition coefficient (Wildman–Crippen LogP) is 1.38. The Balaban J connectivity index is 1.73. The van der Waals surface area contributed by atoms with Crippen molar-refractivity contribution in [2.24, 2.45) is 0 Å². The highest BCUT2D eigenvalue weighted by Crippen LogP contribution is 2.03. The van der Waals surface area contributed by atoms with E-state index in [2.05, 4.69) is 5.32 Å². The maximum absolute atomic E-state index is 11.7. The molecule has 1 N–H and O–H groups in total. The summed E-state index contributed by atoms with van der Waals surface area (Å²) in [7, 11) is 0. The van der Waals surface area contributed by atoms with Crippen LogP contribution in [0, 0.1) is 0 Å². The van der Waals surface area contributed by atoms with Gasteiger partial charge in [-0.15, -0.1) is 0 Å². The van der Waals surface area contributed by atoms with Gasteiger partial charge in [0.15, 0.2) is 0 Å². The van der Waals surface area contributed by atoms with E-state index in [1.165, 1.54) is 0 Å². The molecule has 0 saturated heterocycles. The lowest BCUT2D eigenvalue weighted by molar-refractivity contribution is -0.308. The first-order chi connectivity index (χ1) is 13.0. The van der Waals surface area contributed by atoms with Gasteiger partial charge in [0, 0.05) is 0 Å². The van der Waals surface area contributed by atoms with E-state index in [0.717, 1.165) is 11.1 Å². The van der Waals surface area contributed by atoms with Gasteiger partial charge >= 0.3 is 12.2 Å². The van der Waals surface area contributed by atoms with E-state index >= 15 is 0 Å². The maximum atomic E-state index is 11.7. The first kappa shape index (κ1) is 19.8. The second-order valence-electron chi connectivity index (χ2n) is 5.41. The van der Waals surface area contributed by atoms with Crippen molar-refractivity contribution in [3.05, 3.63) is 71.8 Å². The molecule has 2 aromatic rings. The van der Waals surface area contributed by atoms with Gasteiger partial charge in [0.05, 0.1) is 5.97 Å². The second-order valence-corrected chi connectivity index (χ2v) is 5.41. The van der Waals surface area contributed by atoms with Gasteiger partial charge in [0.2, 0.25) is 0 Å². The van der Waals surface area contributed by atoms with Crippen molar-refractivity contribution in [2.75, 3.05) is 6.61 Å². The number of aliphatic carboxylic acids is 1. The second kappa shape index (κ2) is 10.4. The summed E-state index contributed by atoms with van der Waals surface area (Å²) >= 11 is 0. The smallest absolute Gasteiger partial charge is 0.508 e. The molecular formula is C19H18NO7-. The quantitative estimate of drug-likeness (QED) is 0.696. The van der Waals surface area contributed by atoms with Crippen molar-refractivity contribution in [2.45, 2.75) is 19.3 Å². The summed E-state index contributed by atoms with van der Waals surface area (Å²) < 4.78 is 14.5. The van der Waals surface area contributed by atoms with Crippen LogP contribution in [0.25, 0.3) is 0 Å². The number of amides is 1. The number of ether oxygens (including phenoxy) is 3. The molecule has 0 bridgehead atoms. The van der Waals surface area contributed by atoms with Crippen LogP contribution in [0.4, 0.5) is 9.59 Å². The fourth-order valence-corrected chi connectivity index (χ4v) is 1.99. The number of carbonyl (C=O) groups excluding carboxylic acids is 3. The molecule has 0 unspecified atom stereocenters. The standard InChI is InChI=1S/C19H19NO7/c21-17(22)16(20-18(23)25-11-14-7-3-1-4-8-14)13-27-19(24)26-12-15-9-5-2-6-10-15/h1-10,16H,11-13H2,(H,20,23)(H,21,22)/p-1/t16-/m1/s1. The van der Waals surface area contributed by atoms with Gasteiger partial charge in [-0.25, -0.2) is 9.59 Å². The number of benzene rings is 2. The van der Waals surface area contributed by atoms with Crippen LogP contribution in [0.5, 0.6) is 0 Å². The summed E-state index contributed by atoms with van der Waals surface area (Å²) in [4.78, 5) is 34.3. The monoisotopic (exact) mass is 372 g/mol. The van der Waals surface area contributed by atoms with E-state index in [4.69, 9.17) is 14.2 Å². The third-order valence-electron chi connectivity index (χ3n) is 3.36. The molecule has 0 aliphatic heterocycles. The summed E-state index contributed by atoms with van der Waals surface area (Å²) in [5, 5.41) is 13.1. The zero-order chi connectivity index (χ0) is 19.5. The van der Waals surface area contributed by atoms with E-state index in [1.807, 2.05) is 12.1 Å². The van der Waals surface area contributed by atoms with Crippen LogP contribution in [0.15, 0.2) is 60.7 Å². The Morgan fingerprint density at radius 3 is 1.85 bits per heavy atom. The largest absolute Gasteiger partial charge is 0.548 e. The number of alkyl carbamates (subject to hydrolysis) is 1. The molecule has 0 saturated carbocycles. The van der Waals surface area contributed by atoms with Gasteiger partial charge in [0.1, 0.15) is 25.9 Å². The maximum Gasteiger partial charge on any atom is 0.508 e. The molecular weight excluding hydrogens is 354 g/mol. The molecule has 0 heterocycles. The first-order valence-electron chi connectivity index (χ1n) is 8.06. The lowest BCUT2D eigenvalue weighted by Gasteiger charge is -2.19. The average molecular weight is 372 g/mol. The number of carbonyl (C=O) groups is 3. The molecule has 8 nitrogen and oxygen atoms in total. The third kappa shape index (κ3) is 7.47. The summed E-state index contributed by atoms with van der Waals surface area (Å²) in [5.41, 5.74) is 1.48. The minimum Gasteiger partial charge on any atom is -0.548 e. The van der Waals surface area contributed by atoms with Crippen LogP contribution in [-0.2, 0) is 32.2 Å². The fourth-order valence-electron chi connectivity index (χ4n) is 1.99. The van der Waals surface area contributed by atoms with Gasteiger partial charge in [-0.1, -0.05) is 60.7 Å². The zero-order valence-electron chi connectivity index (χ0n) is 14.3. The van der Waals surface area contributed by atoms with Crippen LogP contribution in [0.3, 0.4) is 0 Å². The van der Waals surface area contributed by atoms with Crippen molar-refractivity contribution in [3.8, 4) is 0 Å². The Morgan fingerprint density at radius 2 is 1.33 bits per heavy atom. The lowest BCUT2D eigenvalue weighted by Crippen LogP contribution is -2.50. The molecule has 0 spiro atoms. The van der Waals surface area contributed by atoms with Gasteiger partial charge in [0.25, 0.3) is 0 Å². The van der Waals surface area contributed by atoms with Crippen LogP contribution >= 0.6 is 0 Å². The molecule has 2 rings (SSSR count). The van der Waals surface area contributed by atoms with Crippen LogP contribution in [0.1, 0.15) is 11.1 Å². The molecule has 0 fully saturated rings. The Kier molecular flexibility index (Phi) is 7.65. The molecule has 8 heteroatoms. The summed E-state index contributed by atoms with van der Waals surface area (Å²) in [6.07, 6.45) is -2.04. The van der Waals surface area contributed by atoms with Crippen molar-refractivity contribution in [1.29, 1.82) is 0 Å². The molecule has 0 radical (unpaired) electrons. The number of hydrogen-bond acceptors (Lipinski definition) is 7. The minimum atomic E-state index is -1.62. The number of carboxylic acids is 1. The third-order valence-corrected chi connectivity index (χ3v) is 3.36. The molecule has 0 aliphatic carbocycles. The van der Waals surface area contributed by atoms with Crippen LogP contribution < -0.4 is 10.4 Å². The topological polar surface area (TPSA) is 114 Å². The first-order valence-corrected chi connectivity index (χ1v) is 8.06. The minimum absolute atomic E-state index is 0.0256. The molecule has 2 aromatic carbocycles. The van der Waals surface area contributed by atoms with E-state index in [0.29, 0.717) is 0 Å². The Hall–Kier alpha value is -3.55. The van der Waals surface area contributed by atoms with Gasteiger partial charge in [-0.05, 0) is 11.1 Å². The molecule has 0 aliphatic rings. The fraction of sp³-hybridized carbons (Fsp3) is 0.211. The lowest BCUT2D eigenvalue weighted by atomic mass is 10.2. The summed E-state index contributed by atoms with van der Waals surface area (Å²) in [6, 6.07) is 16.2. The van der Waals surface area contributed by atoms with Crippen molar-refractivity contribution in [1.82, 2.24) is 5.32 Å².